The van der Waals surface area contributed by atoms with Crippen molar-refractivity contribution < 1.29 is 23.1 Å². The van der Waals surface area contributed by atoms with E-state index in [1.807, 2.05) is 0 Å². The van der Waals surface area contributed by atoms with Gasteiger partial charge in [0.05, 0.1) is 23.0 Å². The quantitative estimate of drug-likeness (QED) is 0.916. The first-order valence-electron chi connectivity index (χ1n) is 4.94. The third kappa shape index (κ3) is 2.78. The van der Waals surface area contributed by atoms with Gasteiger partial charge < -0.3 is 5.11 Å². The summed E-state index contributed by atoms with van der Waals surface area (Å²) >= 11 is 3.13. The van der Waals surface area contributed by atoms with E-state index in [-0.39, 0.29) is 11.3 Å². The molecule has 0 aliphatic rings. The SMILES string of the molecule is O=C(O)c1ccc(Br)cc1-n1cc(C(F)(F)F)cn1. The minimum atomic E-state index is -4.52. The maximum absolute atomic E-state index is 12.5. The lowest BCUT2D eigenvalue weighted by atomic mass is 10.2. The van der Waals surface area contributed by atoms with E-state index in [1.54, 1.807) is 0 Å². The number of carboxylic acids is 1. The molecule has 4 nitrogen and oxygen atoms in total. The monoisotopic (exact) mass is 334 g/mol. The summed E-state index contributed by atoms with van der Waals surface area (Å²) in [6, 6.07) is 4.16. The molecule has 0 bridgehead atoms. The lowest BCUT2D eigenvalue weighted by molar-refractivity contribution is -0.137. The van der Waals surface area contributed by atoms with Crippen molar-refractivity contribution >= 4 is 21.9 Å². The molecule has 0 atom stereocenters. The molecule has 0 radical (unpaired) electrons. The zero-order valence-electron chi connectivity index (χ0n) is 9.15. The molecule has 0 fully saturated rings. The second-order valence-corrected chi connectivity index (χ2v) is 4.55. The van der Waals surface area contributed by atoms with Crippen molar-refractivity contribution in [2.24, 2.45) is 0 Å². The first kappa shape index (κ1) is 13.6. The highest BCUT2D eigenvalue weighted by Crippen LogP contribution is 2.30. The molecule has 1 aromatic heterocycles. The van der Waals surface area contributed by atoms with E-state index in [9.17, 15) is 18.0 Å². The standard InChI is InChI=1S/C11H6BrF3N2O2/c12-7-1-2-8(10(18)19)9(3-7)17-5-6(4-16-17)11(13,14)15/h1-5H,(H,18,19). The number of hydrogen-bond acceptors (Lipinski definition) is 2. The molecule has 2 rings (SSSR count). The van der Waals surface area contributed by atoms with Crippen LogP contribution in [0.5, 0.6) is 0 Å². The molecule has 0 amide bonds. The molecule has 1 heterocycles. The van der Waals surface area contributed by atoms with E-state index >= 15 is 0 Å². The number of aromatic nitrogens is 2. The lowest BCUT2D eigenvalue weighted by Gasteiger charge is -2.07. The van der Waals surface area contributed by atoms with E-state index in [1.165, 1.54) is 18.2 Å². The summed E-state index contributed by atoms with van der Waals surface area (Å²) in [5.74, 6) is -1.24. The third-order valence-electron chi connectivity index (χ3n) is 2.35. The van der Waals surface area contributed by atoms with Gasteiger partial charge in [-0.3, -0.25) is 0 Å². The fourth-order valence-corrected chi connectivity index (χ4v) is 1.83. The van der Waals surface area contributed by atoms with E-state index < -0.39 is 17.7 Å². The van der Waals surface area contributed by atoms with Gasteiger partial charge in [0.1, 0.15) is 0 Å². The van der Waals surface area contributed by atoms with Gasteiger partial charge in [-0.15, -0.1) is 0 Å². The zero-order chi connectivity index (χ0) is 14.2. The topological polar surface area (TPSA) is 55.1 Å². The van der Waals surface area contributed by atoms with Gasteiger partial charge in [-0.05, 0) is 18.2 Å². The highest BCUT2D eigenvalue weighted by molar-refractivity contribution is 9.10. The number of halogens is 4. The molecule has 0 saturated carbocycles. The third-order valence-corrected chi connectivity index (χ3v) is 2.84. The Bertz CT molecular complexity index is 637. The zero-order valence-corrected chi connectivity index (χ0v) is 10.7. The van der Waals surface area contributed by atoms with Crippen molar-refractivity contribution in [2.75, 3.05) is 0 Å². The molecule has 0 saturated heterocycles. The van der Waals surface area contributed by atoms with Crippen LogP contribution >= 0.6 is 15.9 Å². The van der Waals surface area contributed by atoms with E-state index in [2.05, 4.69) is 21.0 Å². The average Bonchev–Trinajstić information content (AvgIpc) is 2.77. The largest absolute Gasteiger partial charge is 0.478 e. The van der Waals surface area contributed by atoms with E-state index in [0.717, 1.165) is 10.9 Å². The summed E-state index contributed by atoms with van der Waals surface area (Å²) in [5, 5.41) is 12.6. The number of nitrogens with zero attached hydrogens (tertiary/aromatic N) is 2. The summed E-state index contributed by atoms with van der Waals surface area (Å²) in [7, 11) is 0. The van der Waals surface area contributed by atoms with Crippen molar-refractivity contribution in [3.05, 3.63) is 46.2 Å². The van der Waals surface area contributed by atoms with Crippen LogP contribution in [0.3, 0.4) is 0 Å². The van der Waals surface area contributed by atoms with Crippen molar-refractivity contribution in [1.82, 2.24) is 9.78 Å². The predicted octanol–water partition coefficient (Wildman–Crippen LogP) is 3.35. The van der Waals surface area contributed by atoms with Crippen molar-refractivity contribution in [2.45, 2.75) is 6.18 Å². The van der Waals surface area contributed by atoms with Crippen molar-refractivity contribution in [3.8, 4) is 5.69 Å². The first-order chi connectivity index (χ1) is 8.79. The molecule has 19 heavy (non-hydrogen) atoms. The van der Waals surface area contributed by atoms with E-state index in [0.29, 0.717) is 10.7 Å². The summed E-state index contributed by atoms with van der Waals surface area (Å²) in [4.78, 5) is 11.0. The molecule has 0 unspecified atom stereocenters. The Balaban J connectivity index is 2.55. The van der Waals surface area contributed by atoms with Crippen LogP contribution in [-0.4, -0.2) is 20.9 Å². The highest BCUT2D eigenvalue weighted by atomic mass is 79.9. The second kappa shape index (κ2) is 4.69. The minimum Gasteiger partial charge on any atom is -0.478 e. The minimum absolute atomic E-state index is 0.0531. The Hall–Kier alpha value is -1.83. The van der Waals surface area contributed by atoms with Crippen LogP contribution < -0.4 is 0 Å². The molecule has 2 aromatic rings. The molecule has 1 aromatic carbocycles. The fourth-order valence-electron chi connectivity index (χ4n) is 1.48. The Morgan fingerprint density at radius 2 is 2.05 bits per heavy atom. The normalized spacial score (nSPS) is 11.6. The lowest BCUT2D eigenvalue weighted by Crippen LogP contribution is -2.06. The molecular weight excluding hydrogens is 329 g/mol. The Kier molecular flexibility index (Phi) is 3.36. The van der Waals surface area contributed by atoms with Crippen LogP contribution in [0.25, 0.3) is 5.69 Å². The van der Waals surface area contributed by atoms with Crippen LogP contribution in [-0.2, 0) is 6.18 Å². The number of alkyl halides is 3. The Labute approximate surface area is 113 Å². The molecule has 8 heteroatoms. The van der Waals surface area contributed by atoms with Gasteiger partial charge in [-0.25, -0.2) is 9.48 Å². The summed E-state index contributed by atoms with van der Waals surface area (Å²) in [6.07, 6.45) is -3.13. The van der Waals surface area contributed by atoms with E-state index in [4.69, 9.17) is 5.11 Å². The first-order valence-corrected chi connectivity index (χ1v) is 5.73. The molecule has 1 N–H and O–H groups in total. The highest BCUT2D eigenvalue weighted by Gasteiger charge is 2.32. The van der Waals surface area contributed by atoms with Crippen molar-refractivity contribution in [3.63, 3.8) is 0 Å². The van der Waals surface area contributed by atoms with Gasteiger partial charge in [-0.2, -0.15) is 18.3 Å². The number of hydrogen-bond donors (Lipinski definition) is 1. The van der Waals surface area contributed by atoms with Gasteiger partial charge in [0, 0.05) is 10.7 Å². The molecule has 0 aliphatic heterocycles. The number of carboxylic acid groups (broad SMARTS) is 1. The van der Waals surface area contributed by atoms with Crippen LogP contribution in [0.15, 0.2) is 35.1 Å². The summed E-state index contributed by atoms with van der Waals surface area (Å²) < 4.78 is 38.9. The van der Waals surface area contributed by atoms with Gasteiger partial charge in [0.15, 0.2) is 0 Å². The Morgan fingerprint density at radius 3 is 2.58 bits per heavy atom. The maximum atomic E-state index is 12.5. The number of benzene rings is 1. The fraction of sp³-hybridized carbons (Fsp3) is 0.0909. The predicted molar refractivity (Wildman–Crippen MR) is 63.2 cm³/mol. The number of carbonyl (C=O) groups is 1. The molecule has 100 valence electrons. The van der Waals surface area contributed by atoms with Crippen molar-refractivity contribution in [1.29, 1.82) is 0 Å². The van der Waals surface area contributed by atoms with Gasteiger partial charge in [0.25, 0.3) is 0 Å². The second-order valence-electron chi connectivity index (χ2n) is 3.64. The van der Waals surface area contributed by atoms with Gasteiger partial charge in [-0.1, -0.05) is 15.9 Å². The summed E-state index contributed by atoms with van der Waals surface area (Å²) in [6.45, 7) is 0. The number of rotatable bonds is 2. The van der Waals surface area contributed by atoms with Gasteiger partial charge >= 0.3 is 12.1 Å². The number of aromatic carboxylic acids is 1. The van der Waals surface area contributed by atoms with Crippen LogP contribution in [0.2, 0.25) is 0 Å². The van der Waals surface area contributed by atoms with Crippen LogP contribution in [0.1, 0.15) is 15.9 Å². The molecule has 0 spiro atoms. The molecule has 0 aliphatic carbocycles. The molecular formula is C11H6BrF3N2O2. The van der Waals surface area contributed by atoms with Gasteiger partial charge in [0.2, 0.25) is 0 Å². The smallest absolute Gasteiger partial charge is 0.419 e. The Morgan fingerprint density at radius 1 is 1.37 bits per heavy atom. The maximum Gasteiger partial charge on any atom is 0.419 e. The summed E-state index contributed by atoms with van der Waals surface area (Å²) in [5.41, 5.74) is -1.03. The average molecular weight is 335 g/mol. The van der Waals surface area contributed by atoms with Crippen LogP contribution in [0, 0.1) is 0 Å². The van der Waals surface area contributed by atoms with Crippen LogP contribution in [0.4, 0.5) is 13.2 Å².